The van der Waals surface area contributed by atoms with Gasteiger partial charge in [0.15, 0.2) is 6.10 Å². The quantitative estimate of drug-likeness (QED) is 0.628. The van der Waals surface area contributed by atoms with Crippen LogP contribution >= 0.6 is 0 Å². The lowest BCUT2D eigenvalue weighted by molar-refractivity contribution is -0.126. The molecule has 2 aliphatic heterocycles. The van der Waals surface area contributed by atoms with Crippen LogP contribution < -0.4 is 9.96 Å². The second kappa shape index (κ2) is 7.07. The van der Waals surface area contributed by atoms with Gasteiger partial charge in [0.05, 0.1) is 17.4 Å². The minimum Gasteiger partial charge on any atom is -0.273 e. The van der Waals surface area contributed by atoms with Gasteiger partial charge in [-0.15, -0.1) is 0 Å². The minimum absolute atomic E-state index is 0.239. The fourth-order valence-electron chi connectivity index (χ4n) is 4.41. The molecule has 5 rings (SSSR count). The maximum absolute atomic E-state index is 13.6. The first-order valence-corrected chi connectivity index (χ1v) is 9.92. The molecule has 150 valence electrons. The van der Waals surface area contributed by atoms with Crippen LogP contribution in [0.2, 0.25) is 0 Å². The zero-order valence-corrected chi connectivity index (χ0v) is 16.7. The van der Waals surface area contributed by atoms with Crippen LogP contribution in [0.3, 0.4) is 0 Å². The van der Waals surface area contributed by atoms with Gasteiger partial charge in [-0.1, -0.05) is 35.9 Å². The molecule has 0 radical (unpaired) electrons. The normalized spacial score (nSPS) is 23.2. The molecule has 6 heteroatoms. The molecule has 0 unspecified atom stereocenters. The van der Waals surface area contributed by atoms with E-state index in [-0.39, 0.29) is 11.8 Å². The number of pyridine rings is 1. The molecule has 3 atom stereocenters. The summed E-state index contributed by atoms with van der Waals surface area (Å²) in [5.41, 5.74) is 4.26. The Bertz CT molecular complexity index is 1120. The predicted molar refractivity (Wildman–Crippen MR) is 113 cm³/mol. The van der Waals surface area contributed by atoms with Gasteiger partial charge in [0, 0.05) is 12.4 Å². The summed E-state index contributed by atoms with van der Waals surface area (Å²) < 4.78 is 0. The van der Waals surface area contributed by atoms with Crippen molar-refractivity contribution >= 4 is 23.2 Å². The van der Waals surface area contributed by atoms with Crippen LogP contribution in [-0.4, -0.2) is 22.9 Å². The number of hydroxylamine groups is 1. The lowest BCUT2D eigenvalue weighted by atomic mass is 9.91. The van der Waals surface area contributed by atoms with Crippen molar-refractivity contribution < 1.29 is 14.4 Å². The van der Waals surface area contributed by atoms with Gasteiger partial charge < -0.3 is 0 Å². The van der Waals surface area contributed by atoms with Gasteiger partial charge in [-0.2, -0.15) is 0 Å². The molecule has 0 spiro atoms. The molecule has 1 aromatic heterocycles. The van der Waals surface area contributed by atoms with Crippen molar-refractivity contribution in [3.05, 3.63) is 89.7 Å². The number of aryl methyl sites for hydroxylation is 2. The number of hydrogen-bond acceptors (Lipinski definition) is 5. The summed E-state index contributed by atoms with van der Waals surface area (Å²) in [7, 11) is 0. The average Bonchev–Trinajstić information content (AvgIpc) is 3.26. The highest BCUT2D eigenvalue weighted by molar-refractivity contribution is 6.24. The Labute approximate surface area is 174 Å². The SMILES string of the molecule is Cc1ccc(N2C(=O)[C@H]3[C@@H](c4ccncc4)N(c4ccccc4)O[C@H]3C2=O)c(C)c1. The fourth-order valence-corrected chi connectivity index (χ4v) is 4.41. The van der Waals surface area contributed by atoms with Gasteiger partial charge >= 0.3 is 0 Å². The first-order chi connectivity index (χ1) is 14.6. The van der Waals surface area contributed by atoms with Crippen LogP contribution in [0.4, 0.5) is 11.4 Å². The molecular formula is C24H21N3O3. The molecule has 0 N–H and O–H groups in total. The number of para-hydroxylation sites is 1. The number of carbonyl (C=O) groups is 2. The highest BCUT2D eigenvalue weighted by atomic mass is 16.7. The van der Waals surface area contributed by atoms with Gasteiger partial charge in [-0.05, 0) is 55.3 Å². The summed E-state index contributed by atoms with van der Waals surface area (Å²) in [5, 5.41) is 1.69. The number of benzene rings is 2. The Morgan fingerprint density at radius 3 is 2.33 bits per heavy atom. The standard InChI is InChI=1S/C24H21N3O3/c1-15-8-9-19(16(2)14-15)26-23(28)20-21(17-10-12-25-13-11-17)27(30-22(20)24(26)29)18-6-4-3-5-7-18/h3-14,20-22H,1-2H3/t20-,21+,22+/m0/s1. The summed E-state index contributed by atoms with van der Waals surface area (Å²) in [6, 6.07) is 18.6. The number of hydrogen-bond donors (Lipinski definition) is 0. The Kier molecular flexibility index (Phi) is 4.37. The molecule has 0 saturated carbocycles. The summed E-state index contributed by atoms with van der Waals surface area (Å²) in [6.07, 6.45) is 2.51. The molecule has 2 aromatic carbocycles. The fraction of sp³-hybridized carbons (Fsp3) is 0.208. The van der Waals surface area contributed by atoms with Crippen LogP contribution in [0.15, 0.2) is 73.1 Å². The molecule has 2 fully saturated rings. The maximum Gasteiger partial charge on any atom is 0.266 e. The zero-order valence-electron chi connectivity index (χ0n) is 16.7. The molecule has 30 heavy (non-hydrogen) atoms. The van der Waals surface area contributed by atoms with E-state index in [1.807, 2.05) is 74.5 Å². The predicted octanol–water partition coefficient (Wildman–Crippen LogP) is 3.75. The number of carbonyl (C=O) groups excluding carboxylic acids is 2. The number of anilines is 2. The van der Waals surface area contributed by atoms with E-state index >= 15 is 0 Å². The zero-order chi connectivity index (χ0) is 20.8. The topological polar surface area (TPSA) is 62.7 Å². The van der Waals surface area contributed by atoms with Crippen LogP contribution in [-0.2, 0) is 14.4 Å². The summed E-state index contributed by atoms with van der Waals surface area (Å²) in [4.78, 5) is 38.4. The number of aromatic nitrogens is 1. The van der Waals surface area contributed by atoms with E-state index in [0.717, 1.165) is 22.4 Å². The molecule has 2 amide bonds. The van der Waals surface area contributed by atoms with E-state index in [1.165, 1.54) is 4.90 Å². The molecule has 2 saturated heterocycles. The third kappa shape index (κ3) is 2.80. The lowest BCUT2D eigenvalue weighted by Crippen LogP contribution is -2.37. The Hall–Kier alpha value is -3.51. The van der Waals surface area contributed by atoms with E-state index in [1.54, 1.807) is 17.5 Å². The van der Waals surface area contributed by atoms with Crippen LogP contribution in [0.5, 0.6) is 0 Å². The first-order valence-electron chi connectivity index (χ1n) is 9.92. The van der Waals surface area contributed by atoms with Gasteiger partial charge in [0.1, 0.15) is 5.92 Å². The van der Waals surface area contributed by atoms with Crippen LogP contribution in [0.25, 0.3) is 0 Å². The molecule has 0 bridgehead atoms. The molecule has 3 heterocycles. The monoisotopic (exact) mass is 399 g/mol. The number of amides is 2. The molecule has 6 nitrogen and oxygen atoms in total. The number of nitrogens with zero attached hydrogens (tertiary/aromatic N) is 3. The van der Waals surface area contributed by atoms with Crippen molar-refractivity contribution in [3.8, 4) is 0 Å². The van der Waals surface area contributed by atoms with E-state index in [2.05, 4.69) is 4.98 Å². The maximum atomic E-state index is 13.6. The highest BCUT2D eigenvalue weighted by Crippen LogP contribution is 2.47. The third-order valence-corrected chi connectivity index (χ3v) is 5.77. The summed E-state index contributed by atoms with van der Waals surface area (Å²) in [6.45, 7) is 3.90. The van der Waals surface area contributed by atoms with E-state index in [0.29, 0.717) is 5.69 Å². The average molecular weight is 399 g/mol. The largest absolute Gasteiger partial charge is 0.273 e. The van der Waals surface area contributed by atoms with Crippen molar-refractivity contribution in [3.63, 3.8) is 0 Å². The Morgan fingerprint density at radius 1 is 0.900 bits per heavy atom. The Morgan fingerprint density at radius 2 is 1.63 bits per heavy atom. The second-order valence-electron chi connectivity index (χ2n) is 7.74. The molecule has 2 aliphatic rings. The van der Waals surface area contributed by atoms with E-state index in [4.69, 9.17) is 4.84 Å². The number of rotatable bonds is 3. The van der Waals surface area contributed by atoms with Gasteiger partial charge in [0.2, 0.25) is 5.91 Å². The minimum atomic E-state index is -0.864. The third-order valence-electron chi connectivity index (χ3n) is 5.77. The smallest absolute Gasteiger partial charge is 0.266 e. The number of imide groups is 1. The van der Waals surface area contributed by atoms with E-state index in [9.17, 15) is 9.59 Å². The Balaban J connectivity index is 1.59. The summed E-state index contributed by atoms with van der Waals surface area (Å²) in [5.74, 6) is -1.20. The lowest BCUT2D eigenvalue weighted by Gasteiger charge is -2.29. The van der Waals surface area contributed by atoms with Crippen molar-refractivity contribution in [1.82, 2.24) is 4.98 Å². The van der Waals surface area contributed by atoms with Crippen molar-refractivity contribution in [2.24, 2.45) is 5.92 Å². The van der Waals surface area contributed by atoms with Gasteiger partial charge in [-0.25, -0.2) is 9.96 Å². The van der Waals surface area contributed by atoms with Crippen molar-refractivity contribution in [2.45, 2.75) is 26.0 Å². The first kappa shape index (κ1) is 18.5. The van der Waals surface area contributed by atoms with Crippen molar-refractivity contribution in [2.75, 3.05) is 9.96 Å². The van der Waals surface area contributed by atoms with Crippen molar-refractivity contribution in [1.29, 1.82) is 0 Å². The van der Waals surface area contributed by atoms with Crippen LogP contribution in [0.1, 0.15) is 22.7 Å². The number of fused-ring (bicyclic) bond motifs is 1. The molecule has 3 aromatic rings. The molecular weight excluding hydrogens is 378 g/mol. The van der Waals surface area contributed by atoms with Gasteiger partial charge in [0.25, 0.3) is 5.91 Å². The van der Waals surface area contributed by atoms with Gasteiger partial charge in [-0.3, -0.25) is 19.4 Å². The highest BCUT2D eigenvalue weighted by Gasteiger charge is 2.60. The van der Waals surface area contributed by atoms with Crippen LogP contribution in [0, 0.1) is 19.8 Å². The van der Waals surface area contributed by atoms with E-state index < -0.39 is 18.1 Å². The molecule has 0 aliphatic carbocycles. The summed E-state index contributed by atoms with van der Waals surface area (Å²) >= 11 is 0. The second-order valence-corrected chi connectivity index (χ2v) is 7.74.